The van der Waals surface area contributed by atoms with Crippen molar-refractivity contribution in [2.24, 2.45) is 0 Å². The summed E-state index contributed by atoms with van der Waals surface area (Å²) >= 11 is 5.86. The highest BCUT2D eigenvalue weighted by Gasteiger charge is 2.36. The van der Waals surface area contributed by atoms with Gasteiger partial charge in [-0.2, -0.15) is 0 Å². The second kappa shape index (κ2) is 4.26. The summed E-state index contributed by atoms with van der Waals surface area (Å²) in [5.74, 6) is -0.418. The van der Waals surface area contributed by atoms with Crippen molar-refractivity contribution in [2.45, 2.75) is 0 Å². The van der Waals surface area contributed by atoms with E-state index in [1.165, 1.54) is 24.1 Å². The summed E-state index contributed by atoms with van der Waals surface area (Å²) in [5.41, 5.74) is -0.0437. The first-order chi connectivity index (χ1) is 8.41. The number of anilines is 1. The van der Waals surface area contributed by atoms with Crippen LogP contribution in [-0.4, -0.2) is 35.4 Å². The number of imide groups is 1. The van der Waals surface area contributed by atoms with E-state index in [4.69, 9.17) is 11.6 Å². The van der Waals surface area contributed by atoms with E-state index < -0.39 is 16.9 Å². The monoisotopic (exact) mass is 269 g/mol. The molecule has 0 bridgehead atoms. The zero-order valence-electron chi connectivity index (χ0n) is 9.29. The van der Waals surface area contributed by atoms with Crippen LogP contribution in [-0.2, 0) is 4.79 Å². The smallest absolute Gasteiger partial charge is 0.318 e. The van der Waals surface area contributed by atoms with E-state index in [0.717, 1.165) is 11.0 Å². The zero-order chi connectivity index (χ0) is 13.4. The first kappa shape index (κ1) is 12.3. The lowest BCUT2D eigenvalue weighted by Crippen LogP contribution is -2.31. The van der Waals surface area contributed by atoms with Crippen molar-refractivity contribution in [3.63, 3.8) is 0 Å². The number of hydrogen-bond donors (Lipinski definition) is 0. The van der Waals surface area contributed by atoms with Gasteiger partial charge in [0, 0.05) is 19.2 Å². The van der Waals surface area contributed by atoms with Crippen molar-refractivity contribution in [3.8, 4) is 0 Å². The van der Waals surface area contributed by atoms with Crippen LogP contribution >= 0.6 is 11.6 Å². The second-order valence-electron chi connectivity index (χ2n) is 3.76. The average molecular weight is 270 g/mol. The minimum atomic E-state index is -0.602. The maximum absolute atomic E-state index is 11.7. The second-order valence-corrected chi connectivity index (χ2v) is 4.17. The SMILES string of the molecule is CN1CC(=O)N(c2ccc([N+](=O)[O-])cc2Cl)C1=O. The van der Waals surface area contributed by atoms with Gasteiger partial charge in [0.25, 0.3) is 11.6 Å². The third-order valence-corrected chi connectivity index (χ3v) is 2.83. The molecule has 0 atom stereocenters. The molecule has 1 aromatic carbocycles. The molecule has 1 saturated heterocycles. The Balaban J connectivity index is 2.43. The number of hydrogen-bond acceptors (Lipinski definition) is 4. The summed E-state index contributed by atoms with van der Waals surface area (Å²) in [6.07, 6.45) is 0. The number of amides is 3. The molecule has 0 unspecified atom stereocenters. The molecule has 0 saturated carbocycles. The summed E-state index contributed by atoms with van der Waals surface area (Å²) in [6, 6.07) is 3.08. The third kappa shape index (κ3) is 1.88. The Labute approximate surface area is 107 Å². The van der Waals surface area contributed by atoms with Gasteiger partial charge < -0.3 is 4.90 Å². The molecule has 18 heavy (non-hydrogen) atoms. The minimum Gasteiger partial charge on any atom is -0.318 e. The molecule has 1 aliphatic heterocycles. The van der Waals surface area contributed by atoms with E-state index in [1.54, 1.807) is 0 Å². The molecule has 0 radical (unpaired) electrons. The zero-order valence-corrected chi connectivity index (χ0v) is 10.0. The number of nitro groups is 1. The van der Waals surface area contributed by atoms with E-state index in [1.807, 2.05) is 0 Å². The summed E-state index contributed by atoms with van der Waals surface area (Å²) in [7, 11) is 1.49. The summed E-state index contributed by atoms with van der Waals surface area (Å²) in [5, 5.41) is 10.5. The number of likely N-dealkylation sites (N-methyl/N-ethyl adjacent to an activating group) is 1. The molecular weight excluding hydrogens is 262 g/mol. The number of carbonyl (C=O) groups excluding carboxylic acids is 2. The molecular formula is C10H8ClN3O4. The predicted octanol–water partition coefficient (Wildman–Crippen LogP) is 1.65. The van der Waals surface area contributed by atoms with Crippen LogP contribution in [0.1, 0.15) is 0 Å². The lowest BCUT2D eigenvalue weighted by Gasteiger charge is -2.15. The first-order valence-corrected chi connectivity index (χ1v) is 5.31. The van der Waals surface area contributed by atoms with E-state index in [9.17, 15) is 19.7 Å². The molecule has 8 heteroatoms. The summed E-state index contributed by atoms with van der Waals surface area (Å²) in [6.45, 7) is -0.0356. The third-order valence-electron chi connectivity index (χ3n) is 2.52. The minimum absolute atomic E-state index is 0.0128. The topological polar surface area (TPSA) is 83.8 Å². The number of non-ortho nitro benzene ring substituents is 1. The van der Waals surface area contributed by atoms with Crippen LogP contribution in [0.25, 0.3) is 0 Å². The fourth-order valence-corrected chi connectivity index (χ4v) is 1.91. The molecule has 2 rings (SSSR count). The Hall–Kier alpha value is -2.15. The highest BCUT2D eigenvalue weighted by atomic mass is 35.5. The van der Waals surface area contributed by atoms with Gasteiger partial charge in [-0.05, 0) is 6.07 Å². The van der Waals surface area contributed by atoms with Gasteiger partial charge in [0.1, 0.15) is 6.54 Å². The molecule has 0 spiro atoms. The van der Waals surface area contributed by atoms with E-state index in [0.29, 0.717) is 0 Å². The maximum atomic E-state index is 11.7. The van der Waals surface area contributed by atoms with Gasteiger partial charge >= 0.3 is 6.03 Å². The molecule has 1 heterocycles. The normalized spacial score (nSPS) is 15.4. The van der Waals surface area contributed by atoms with Crippen LogP contribution in [0.4, 0.5) is 16.2 Å². The molecule has 0 aliphatic carbocycles. The molecule has 1 aliphatic rings. The molecule has 0 N–H and O–H groups in total. The highest BCUT2D eigenvalue weighted by molar-refractivity contribution is 6.35. The van der Waals surface area contributed by atoms with Crippen LogP contribution in [0.15, 0.2) is 18.2 Å². The highest BCUT2D eigenvalue weighted by Crippen LogP contribution is 2.31. The van der Waals surface area contributed by atoms with Crippen molar-refractivity contribution in [1.82, 2.24) is 4.90 Å². The molecule has 3 amide bonds. The van der Waals surface area contributed by atoms with Gasteiger partial charge in [-0.1, -0.05) is 11.6 Å². The van der Waals surface area contributed by atoms with Gasteiger partial charge in [0.15, 0.2) is 0 Å². The Morgan fingerprint density at radius 1 is 1.39 bits per heavy atom. The lowest BCUT2D eigenvalue weighted by molar-refractivity contribution is -0.384. The maximum Gasteiger partial charge on any atom is 0.331 e. The number of carbonyl (C=O) groups is 2. The average Bonchev–Trinajstić information content (AvgIpc) is 2.54. The van der Waals surface area contributed by atoms with Crippen molar-refractivity contribution in [3.05, 3.63) is 33.3 Å². The molecule has 0 aromatic heterocycles. The number of halogens is 1. The Morgan fingerprint density at radius 3 is 2.50 bits per heavy atom. The molecule has 7 nitrogen and oxygen atoms in total. The van der Waals surface area contributed by atoms with Crippen LogP contribution < -0.4 is 4.90 Å². The standard InChI is InChI=1S/C10H8ClN3O4/c1-12-5-9(15)13(10(12)16)8-3-2-6(14(17)18)4-7(8)11/h2-4H,5H2,1H3. The van der Waals surface area contributed by atoms with Gasteiger partial charge in [-0.25, -0.2) is 9.69 Å². The van der Waals surface area contributed by atoms with Crippen molar-refractivity contribution < 1.29 is 14.5 Å². The fraction of sp³-hybridized carbons (Fsp3) is 0.200. The predicted molar refractivity (Wildman–Crippen MR) is 63.6 cm³/mol. The van der Waals surface area contributed by atoms with Gasteiger partial charge in [0.05, 0.1) is 15.6 Å². The Morgan fingerprint density at radius 2 is 2.06 bits per heavy atom. The quantitative estimate of drug-likeness (QED) is 0.464. The van der Waals surface area contributed by atoms with Crippen LogP contribution in [0.2, 0.25) is 5.02 Å². The number of urea groups is 1. The van der Waals surface area contributed by atoms with Gasteiger partial charge in [-0.15, -0.1) is 0 Å². The van der Waals surface area contributed by atoms with Crippen LogP contribution in [0, 0.1) is 10.1 Å². The van der Waals surface area contributed by atoms with Crippen molar-refractivity contribution in [1.29, 1.82) is 0 Å². The Bertz CT molecular complexity index is 560. The van der Waals surface area contributed by atoms with Gasteiger partial charge in [-0.3, -0.25) is 14.9 Å². The molecule has 94 valence electrons. The lowest BCUT2D eigenvalue weighted by atomic mass is 10.2. The number of rotatable bonds is 2. The van der Waals surface area contributed by atoms with Crippen molar-refractivity contribution in [2.75, 3.05) is 18.5 Å². The van der Waals surface area contributed by atoms with Crippen LogP contribution in [0.5, 0.6) is 0 Å². The van der Waals surface area contributed by atoms with E-state index >= 15 is 0 Å². The molecule has 1 fully saturated rings. The fourth-order valence-electron chi connectivity index (χ4n) is 1.65. The van der Waals surface area contributed by atoms with Gasteiger partial charge in [0.2, 0.25) is 0 Å². The van der Waals surface area contributed by atoms with Crippen LogP contribution in [0.3, 0.4) is 0 Å². The Kier molecular flexibility index (Phi) is 2.92. The van der Waals surface area contributed by atoms with E-state index in [-0.39, 0.29) is 22.9 Å². The first-order valence-electron chi connectivity index (χ1n) is 4.94. The number of nitro benzene ring substituents is 1. The number of nitrogens with zero attached hydrogens (tertiary/aromatic N) is 3. The number of benzene rings is 1. The van der Waals surface area contributed by atoms with E-state index in [2.05, 4.69) is 0 Å². The summed E-state index contributed by atoms with van der Waals surface area (Å²) in [4.78, 5) is 35.5. The summed E-state index contributed by atoms with van der Waals surface area (Å²) < 4.78 is 0. The van der Waals surface area contributed by atoms with Crippen molar-refractivity contribution >= 4 is 34.9 Å². The largest absolute Gasteiger partial charge is 0.331 e. The molecule has 1 aromatic rings.